The Morgan fingerprint density at radius 3 is 2.51 bits per heavy atom. The molecule has 12 heteroatoms. The van der Waals surface area contributed by atoms with Crippen molar-refractivity contribution in [3.63, 3.8) is 0 Å². The minimum Gasteiger partial charge on any atom is -0.477 e. The molecule has 8 nitrogen and oxygen atoms in total. The Kier molecular flexibility index (Phi) is 7.78. The standard InChI is InChI=1S/C29H31F4N5O3/c1-16-13-38(14-17(2)37(16)3)25-7-6-19(20-9-27(35-12-23(20)30)41-15-18-4-5-18)8-24(25)36-28(40)21-11-34-26(39)10-22(21)29(31,32)33/h6-12,16-18H,4-5,13-15H2,1-3H3,(H,34,39)(H,36,40)/t16-,17+. The molecule has 1 amide bonds. The zero-order valence-corrected chi connectivity index (χ0v) is 22.9. The number of aromatic nitrogens is 2. The van der Waals surface area contributed by atoms with Crippen LogP contribution in [0.1, 0.15) is 42.6 Å². The highest BCUT2D eigenvalue weighted by molar-refractivity contribution is 6.07. The molecule has 0 spiro atoms. The summed E-state index contributed by atoms with van der Waals surface area (Å²) in [7, 11) is 2.02. The predicted octanol–water partition coefficient (Wildman–Crippen LogP) is 5.16. The second kappa shape index (κ2) is 11.2. The third-order valence-corrected chi connectivity index (χ3v) is 7.72. The maximum atomic E-state index is 15.0. The Morgan fingerprint density at radius 2 is 1.85 bits per heavy atom. The number of H-pyrrole nitrogens is 1. The molecule has 2 atom stereocenters. The van der Waals surface area contributed by atoms with Gasteiger partial charge in [0, 0.05) is 49.1 Å². The van der Waals surface area contributed by atoms with Crippen molar-refractivity contribution >= 4 is 17.3 Å². The second-order valence-corrected chi connectivity index (χ2v) is 10.8. The molecule has 1 saturated heterocycles. The van der Waals surface area contributed by atoms with Crippen LogP contribution in [0, 0.1) is 11.7 Å². The lowest BCUT2D eigenvalue weighted by Gasteiger charge is -2.44. The molecule has 2 aliphatic rings. The van der Waals surface area contributed by atoms with E-state index in [2.05, 4.69) is 34.0 Å². The summed E-state index contributed by atoms with van der Waals surface area (Å²) in [6.07, 6.45) is -0.967. The number of benzene rings is 1. The van der Waals surface area contributed by atoms with Gasteiger partial charge in [-0.3, -0.25) is 14.5 Å². The number of anilines is 2. The van der Waals surface area contributed by atoms with Crippen LogP contribution in [0.2, 0.25) is 0 Å². The number of rotatable bonds is 7. The number of likely N-dealkylation sites (N-methyl/N-ethyl adjacent to an activating group) is 1. The number of ether oxygens (including phenoxy) is 1. The molecule has 2 fully saturated rings. The highest BCUT2D eigenvalue weighted by Crippen LogP contribution is 2.37. The van der Waals surface area contributed by atoms with Crippen LogP contribution < -0.4 is 20.5 Å². The third-order valence-electron chi connectivity index (χ3n) is 7.72. The smallest absolute Gasteiger partial charge is 0.417 e. The summed E-state index contributed by atoms with van der Waals surface area (Å²) < 4.78 is 61.8. The summed E-state index contributed by atoms with van der Waals surface area (Å²) in [5, 5.41) is 2.60. The monoisotopic (exact) mass is 573 g/mol. The van der Waals surface area contributed by atoms with Crippen LogP contribution in [0.15, 0.2) is 47.5 Å². The Labute approximate surface area is 234 Å². The summed E-state index contributed by atoms with van der Waals surface area (Å²) in [5.74, 6) is -0.955. The van der Waals surface area contributed by atoms with E-state index >= 15 is 0 Å². The first-order chi connectivity index (χ1) is 19.4. The highest BCUT2D eigenvalue weighted by Gasteiger charge is 2.36. The number of aromatic amines is 1. The molecular weight excluding hydrogens is 542 g/mol. The van der Waals surface area contributed by atoms with E-state index in [4.69, 9.17) is 4.74 Å². The van der Waals surface area contributed by atoms with Crippen LogP contribution in [0.3, 0.4) is 0 Å². The van der Waals surface area contributed by atoms with Crippen molar-refractivity contribution in [1.82, 2.24) is 14.9 Å². The zero-order chi connectivity index (χ0) is 29.5. The zero-order valence-electron chi connectivity index (χ0n) is 22.9. The molecule has 0 bridgehead atoms. The first kappa shape index (κ1) is 28.6. The van der Waals surface area contributed by atoms with Crippen LogP contribution in [0.25, 0.3) is 11.1 Å². The Bertz CT molecular complexity index is 1490. The van der Waals surface area contributed by atoms with Gasteiger partial charge >= 0.3 is 6.18 Å². The molecule has 0 unspecified atom stereocenters. The van der Waals surface area contributed by atoms with E-state index in [1.54, 1.807) is 12.1 Å². The first-order valence-corrected chi connectivity index (χ1v) is 13.4. The molecule has 2 N–H and O–H groups in total. The molecule has 1 aliphatic carbocycles. The molecule has 3 aromatic rings. The van der Waals surface area contributed by atoms with E-state index in [-0.39, 0.29) is 29.2 Å². The van der Waals surface area contributed by atoms with E-state index in [9.17, 15) is 27.2 Å². The van der Waals surface area contributed by atoms with Crippen LogP contribution in [0.4, 0.5) is 28.9 Å². The first-order valence-electron chi connectivity index (χ1n) is 13.4. The maximum Gasteiger partial charge on any atom is 0.417 e. The normalized spacial score (nSPS) is 19.7. The van der Waals surface area contributed by atoms with E-state index < -0.39 is 34.6 Å². The lowest BCUT2D eigenvalue weighted by atomic mass is 10.0. The number of amides is 1. The van der Waals surface area contributed by atoms with Crippen molar-refractivity contribution in [1.29, 1.82) is 0 Å². The quantitative estimate of drug-likeness (QED) is 0.380. The molecule has 2 aromatic heterocycles. The van der Waals surface area contributed by atoms with Crippen LogP contribution in [-0.2, 0) is 6.18 Å². The van der Waals surface area contributed by atoms with Gasteiger partial charge in [-0.25, -0.2) is 9.37 Å². The van der Waals surface area contributed by atoms with Crippen molar-refractivity contribution in [3.05, 3.63) is 70.0 Å². The van der Waals surface area contributed by atoms with Gasteiger partial charge in [0.2, 0.25) is 11.4 Å². The summed E-state index contributed by atoms with van der Waals surface area (Å²) in [6, 6.07) is 7.08. The van der Waals surface area contributed by atoms with Gasteiger partial charge in [0.1, 0.15) is 5.82 Å². The minimum atomic E-state index is -4.93. The third kappa shape index (κ3) is 6.37. The lowest BCUT2D eigenvalue weighted by Crippen LogP contribution is -2.55. The number of halogens is 4. The molecule has 0 radical (unpaired) electrons. The number of nitrogens with zero attached hydrogens (tertiary/aromatic N) is 3. The molecule has 3 heterocycles. The molecule has 5 rings (SSSR count). The van der Waals surface area contributed by atoms with Crippen molar-refractivity contribution in [2.24, 2.45) is 5.92 Å². The van der Waals surface area contributed by atoms with E-state index in [0.717, 1.165) is 25.2 Å². The van der Waals surface area contributed by atoms with Gasteiger partial charge in [0.25, 0.3) is 5.91 Å². The molecule has 218 valence electrons. The highest BCUT2D eigenvalue weighted by atomic mass is 19.4. The largest absolute Gasteiger partial charge is 0.477 e. The molecule has 1 saturated carbocycles. The fraction of sp³-hybridized carbons (Fsp3) is 0.414. The Balaban J connectivity index is 1.54. The van der Waals surface area contributed by atoms with Crippen molar-refractivity contribution < 1.29 is 27.1 Å². The summed E-state index contributed by atoms with van der Waals surface area (Å²) in [5.41, 5.74) is -1.74. The maximum absolute atomic E-state index is 15.0. The number of nitrogens with one attached hydrogen (secondary N) is 2. The molecule has 41 heavy (non-hydrogen) atoms. The number of piperazine rings is 1. The number of carbonyl (C=O) groups is 1. The Morgan fingerprint density at radius 1 is 1.15 bits per heavy atom. The molecule has 1 aromatic carbocycles. The summed E-state index contributed by atoms with van der Waals surface area (Å²) >= 11 is 0. The average molecular weight is 574 g/mol. The topological polar surface area (TPSA) is 90.6 Å². The second-order valence-electron chi connectivity index (χ2n) is 10.8. The number of hydrogen-bond donors (Lipinski definition) is 2. The van der Waals surface area contributed by atoms with Crippen LogP contribution >= 0.6 is 0 Å². The van der Waals surface area contributed by atoms with E-state index in [1.807, 2.05) is 11.9 Å². The minimum absolute atomic E-state index is 0.154. The van der Waals surface area contributed by atoms with Gasteiger partial charge in [-0.2, -0.15) is 13.2 Å². The average Bonchev–Trinajstić information content (AvgIpc) is 3.75. The number of alkyl halides is 3. The number of pyridine rings is 2. The van der Waals surface area contributed by atoms with Gasteiger partial charge in [0.15, 0.2) is 0 Å². The van der Waals surface area contributed by atoms with Gasteiger partial charge in [0.05, 0.1) is 35.3 Å². The van der Waals surface area contributed by atoms with Crippen molar-refractivity contribution in [2.75, 3.05) is 37.0 Å². The fourth-order valence-electron chi connectivity index (χ4n) is 4.97. The SMILES string of the molecule is C[C@@H]1CN(c2ccc(-c3cc(OCC4CC4)ncc3F)cc2NC(=O)c2c[nH]c(=O)cc2C(F)(F)F)C[C@H](C)N1C. The van der Waals surface area contributed by atoms with Gasteiger partial charge in [-0.05, 0) is 57.4 Å². The van der Waals surface area contributed by atoms with Gasteiger partial charge < -0.3 is 19.9 Å². The predicted molar refractivity (Wildman–Crippen MR) is 147 cm³/mol. The number of carbonyl (C=O) groups excluding carboxylic acids is 1. The van der Waals surface area contributed by atoms with Crippen molar-refractivity contribution in [3.8, 4) is 17.0 Å². The van der Waals surface area contributed by atoms with Crippen molar-refractivity contribution in [2.45, 2.75) is 44.9 Å². The Hall–Kier alpha value is -3.93. The molecule has 1 aliphatic heterocycles. The van der Waals surface area contributed by atoms with Gasteiger partial charge in [-0.1, -0.05) is 6.07 Å². The number of hydrogen-bond acceptors (Lipinski definition) is 6. The van der Waals surface area contributed by atoms with Crippen LogP contribution in [-0.4, -0.2) is 59.6 Å². The van der Waals surface area contributed by atoms with Gasteiger partial charge in [-0.15, -0.1) is 0 Å². The summed E-state index contributed by atoms with van der Waals surface area (Å²) in [6.45, 7) is 5.79. The fourth-order valence-corrected chi connectivity index (χ4v) is 4.97. The molecular formula is C29H31F4N5O3. The van der Waals surface area contributed by atoms with Crippen LogP contribution in [0.5, 0.6) is 5.88 Å². The van der Waals surface area contributed by atoms with E-state index in [0.29, 0.717) is 42.9 Å². The van der Waals surface area contributed by atoms with E-state index in [1.165, 1.54) is 12.1 Å². The summed E-state index contributed by atoms with van der Waals surface area (Å²) in [4.78, 5) is 35.3. The lowest BCUT2D eigenvalue weighted by molar-refractivity contribution is -0.138.